The van der Waals surface area contributed by atoms with E-state index >= 15 is 0 Å². The van der Waals surface area contributed by atoms with Crippen LogP contribution >= 0.6 is 0 Å². The zero-order valence-electron chi connectivity index (χ0n) is 22.9. The Kier molecular flexibility index (Phi) is 13.0. The van der Waals surface area contributed by atoms with Gasteiger partial charge in [0, 0.05) is 39.0 Å². The van der Waals surface area contributed by atoms with Crippen LogP contribution in [0.5, 0.6) is 11.5 Å². The number of hydrogen-bond acceptors (Lipinski definition) is 9. The maximum absolute atomic E-state index is 13.7. The summed E-state index contributed by atoms with van der Waals surface area (Å²) in [7, 11) is 1.77. The van der Waals surface area contributed by atoms with Gasteiger partial charge in [0.05, 0.1) is 6.04 Å². The highest BCUT2D eigenvalue weighted by molar-refractivity contribution is 5.93. The molecule has 0 spiro atoms. The molecule has 1 heterocycles. The first-order chi connectivity index (χ1) is 19.2. The fourth-order valence-corrected chi connectivity index (χ4v) is 4.70. The molecule has 1 aliphatic heterocycles. The molecule has 4 bridgehead atoms. The average Bonchev–Trinajstić information content (AvgIpc) is 2.94. The lowest BCUT2D eigenvalue weighted by atomic mass is 9.95. The number of likely N-dealkylation sites (N-methyl/N-ethyl adjacent to an activating group) is 1. The minimum absolute atomic E-state index is 0. The van der Waals surface area contributed by atoms with E-state index in [1.807, 2.05) is 0 Å². The van der Waals surface area contributed by atoms with E-state index in [0.29, 0.717) is 42.7 Å². The maximum atomic E-state index is 13.7. The number of aromatic hydroxyl groups is 2. The van der Waals surface area contributed by atoms with Gasteiger partial charge in [-0.2, -0.15) is 0 Å². The highest BCUT2D eigenvalue weighted by atomic mass is 16.3. The molecule has 3 atom stereocenters. The van der Waals surface area contributed by atoms with Gasteiger partial charge in [0.25, 0.3) is 0 Å². The van der Waals surface area contributed by atoms with E-state index < -0.39 is 29.9 Å². The molecular weight excluding hydrogens is 526 g/mol. The number of carbonyl (C=O) groups excluding carboxylic acids is 3. The van der Waals surface area contributed by atoms with Crippen molar-refractivity contribution in [3.8, 4) is 22.6 Å². The number of fused-ring (bicyclic) bond motifs is 5. The molecule has 11 N–H and O–H groups in total. The third-order valence-corrected chi connectivity index (χ3v) is 6.98. The first kappa shape index (κ1) is 33.5. The van der Waals surface area contributed by atoms with E-state index in [1.165, 1.54) is 12.1 Å². The predicted molar refractivity (Wildman–Crippen MR) is 159 cm³/mol. The van der Waals surface area contributed by atoms with Crippen molar-refractivity contribution in [2.45, 2.75) is 51.2 Å². The lowest BCUT2D eigenvalue weighted by Gasteiger charge is -2.29. The van der Waals surface area contributed by atoms with Gasteiger partial charge >= 0.3 is 0 Å². The van der Waals surface area contributed by atoms with Gasteiger partial charge in [-0.05, 0) is 73.0 Å². The van der Waals surface area contributed by atoms with E-state index in [2.05, 4.69) is 16.0 Å². The third kappa shape index (κ3) is 8.89. The zero-order chi connectivity index (χ0) is 29.2. The Balaban J connectivity index is 0.00000588. The number of hydrogen-bond donors (Lipinski definition) is 8. The largest absolute Gasteiger partial charge is 0.508 e. The Hall–Kier alpha value is -3.71. The summed E-state index contributed by atoms with van der Waals surface area (Å²) >= 11 is 0. The van der Waals surface area contributed by atoms with Gasteiger partial charge in [0.1, 0.15) is 23.6 Å². The molecule has 3 amide bonds. The number of amides is 3. The predicted octanol–water partition coefficient (Wildman–Crippen LogP) is -0.458. The molecular formula is C29H45N7O5. The van der Waals surface area contributed by atoms with E-state index in [0.717, 1.165) is 5.56 Å². The van der Waals surface area contributed by atoms with Crippen LogP contribution in [0.15, 0.2) is 36.4 Å². The maximum Gasteiger partial charge on any atom is 0.245 e. The van der Waals surface area contributed by atoms with Crippen LogP contribution in [0.25, 0.3) is 11.1 Å². The quantitative estimate of drug-likeness (QED) is 0.195. The summed E-state index contributed by atoms with van der Waals surface area (Å²) in [6, 6.07) is 6.86. The smallest absolute Gasteiger partial charge is 0.245 e. The summed E-state index contributed by atoms with van der Waals surface area (Å²) in [5, 5.41) is 29.7. The first-order valence-corrected chi connectivity index (χ1v) is 13.5. The van der Waals surface area contributed by atoms with Crippen molar-refractivity contribution < 1.29 is 24.6 Å². The molecule has 0 aromatic heterocycles. The second-order valence-corrected chi connectivity index (χ2v) is 9.97. The molecule has 0 fully saturated rings. The molecule has 1 aliphatic rings. The molecule has 226 valence electrons. The van der Waals surface area contributed by atoms with Gasteiger partial charge < -0.3 is 48.3 Å². The van der Waals surface area contributed by atoms with Gasteiger partial charge in [-0.25, -0.2) is 0 Å². The number of carbonyl (C=O) groups is 3. The Morgan fingerprint density at radius 1 is 0.951 bits per heavy atom. The van der Waals surface area contributed by atoms with Crippen LogP contribution in [0.2, 0.25) is 0 Å². The standard InChI is InChI=1S/C28H41N7O5.CH4/c1-32-10-12-35(11-9-30)28(40)23-16-20-14-18(5-7-25(20)37)17-4-6-24(36)19(13-17)15-21(31)26(38)33-22(3-2-8-29)27(39)34-23;/h4-7,13-14,21-23,32,36-37H,2-3,8-12,15-16,29-31H2,1H3,(H,33,38)(H,34,39);1H4/t21-,22-,23-;/m0./s1. The average molecular weight is 572 g/mol. The van der Waals surface area contributed by atoms with Crippen LogP contribution in [-0.4, -0.2) is 90.7 Å². The fraction of sp³-hybridized carbons (Fsp3) is 0.483. The van der Waals surface area contributed by atoms with E-state index in [1.54, 1.807) is 36.2 Å². The van der Waals surface area contributed by atoms with Crippen molar-refractivity contribution in [3.05, 3.63) is 47.5 Å². The zero-order valence-corrected chi connectivity index (χ0v) is 22.9. The van der Waals surface area contributed by atoms with Gasteiger partial charge in [-0.3, -0.25) is 14.4 Å². The van der Waals surface area contributed by atoms with Crippen molar-refractivity contribution in [1.29, 1.82) is 0 Å². The van der Waals surface area contributed by atoms with Crippen LogP contribution < -0.4 is 33.2 Å². The molecule has 12 nitrogen and oxygen atoms in total. The van der Waals surface area contributed by atoms with Gasteiger partial charge in [0.2, 0.25) is 17.7 Å². The van der Waals surface area contributed by atoms with Crippen molar-refractivity contribution in [3.63, 3.8) is 0 Å². The normalized spacial score (nSPS) is 19.2. The molecule has 0 saturated carbocycles. The second-order valence-electron chi connectivity index (χ2n) is 9.97. The molecule has 3 rings (SSSR count). The number of rotatable bonds is 9. The van der Waals surface area contributed by atoms with Crippen molar-refractivity contribution >= 4 is 17.7 Å². The van der Waals surface area contributed by atoms with E-state index in [-0.39, 0.29) is 57.2 Å². The summed E-state index contributed by atoms with van der Waals surface area (Å²) in [5.41, 5.74) is 20.0. The number of phenolic OH excluding ortho intramolecular Hbond substituents is 2. The molecule has 0 radical (unpaired) electrons. The minimum atomic E-state index is -1.05. The second kappa shape index (κ2) is 15.9. The summed E-state index contributed by atoms with van der Waals surface area (Å²) in [5.74, 6) is -1.55. The molecule has 2 aromatic carbocycles. The highest BCUT2D eigenvalue weighted by Gasteiger charge is 2.31. The van der Waals surface area contributed by atoms with Crippen LogP contribution in [0.1, 0.15) is 31.4 Å². The monoisotopic (exact) mass is 571 g/mol. The Bertz CT molecular complexity index is 1190. The third-order valence-electron chi connectivity index (χ3n) is 6.98. The molecule has 0 saturated heterocycles. The number of phenols is 2. The lowest BCUT2D eigenvalue weighted by Crippen LogP contribution is -2.57. The summed E-state index contributed by atoms with van der Waals surface area (Å²) in [6.45, 7) is 1.68. The molecule has 12 heteroatoms. The van der Waals surface area contributed by atoms with E-state index in [4.69, 9.17) is 17.2 Å². The summed E-state index contributed by atoms with van der Waals surface area (Å²) < 4.78 is 0. The van der Waals surface area contributed by atoms with Gasteiger partial charge in [0.15, 0.2) is 0 Å². The van der Waals surface area contributed by atoms with Gasteiger partial charge in [-0.1, -0.05) is 19.6 Å². The number of nitrogens with one attached hydrogen (secondary N) is 3. The van der Waals surface area contributed by atoms with Crippen molar-refractivity contribution in [2.24, 2.45) is 17.2 Å². The van der Waals surface area contributed by atoms with Crippen LogP contribution in [0.4, 0.5) is 0 Å². The Labute approximate surface area is 241 Å². The summed E-state index contributed by atoms with van der Waals surface area (Å²) in [4.78, 5) is 41.9. The summed E-state index contributed by atoms with van der Waals surface area (Å²) in [6.07, 6.45) is 0.698. The van der Waals surface area contributed by atoms with Crippen molar-refractivity contribution in [2.75, 3.05) is 39.8 Å². The Morgan fingerprint density at radius 2 is 1.56 bits per heavy atom. The molecule has 2 aromatic rings. The minimum Gasteiger partial charge on any atom is -0.508 e. The topological polar surface area (TPSA) is 209 Å². The molecule has 41 heavy (non-hydrogen) atoms. The highest BCUT2D eigenvalue weighted by Crippen LogP contribution is 2.31. The van der Waals surface area contributed by atoms with Crippen LogP contribution in [-0.2, 0) is 27.2 Å². The first-order valence-electron chi connectivity index (χ1n) is 13.5. The van der Waals surface area contributed by atoms with Gasteiger partial charge in [-0.15, -0.1) is 0 Å². The van der Waals surface area contributed by atoms with Crippen LogP contribution in [0.3, 0.4) is 0 Å². The molecule has 0 aliphatic carbocycles. The molecule has 0 unspecified atom stereocenters. The van der Waals surface area contributed by atoms with Crippen molar-refractivity contribution in [1.82, 2.24) is 20.9 Å². The lowest BCUT2D eigenvalue weighted by molar-refractivity contribution is -0.137. The Morgan fingerprint density at radius 3 is 2.12 bits per heavy atom. The fourth-order valence-electron chi connectivity index (χ4n) is 4.70. The van der Waals surface area contributed by atoms with E-state index in [9.17, 15) is 24.6 Å². The number of benzene rings is 2. The number of nitrogens with two attached hydrogens (primary N) is 3. The SMILES string of the molecule is C.CNCCN(CCN)C(=O)[C@@H]1Cc2cc(ccc2O)-c2ccc(O)c(c2)C[C@H](N)C(=O)N[C@@H](CCCN)C(=O)N1. The van der Waals surface area contributed by atoms with Crippen LogP contribution in [0, 0.1) is 0 Å². The number of nitrogens with zero attached hydrogens (tertiary/aromatic N) is 1.